The van der Waals surface area contributed by atoms with Crippen LogP contribution < -0.4 is 10.2 Å². The monoisotopic (exact) mass is 220 g/mol. The zero-order valence-electron chi connectivity index (χ0n) is 9.36. The van der Waals surface area contributed by atoms with Gasteiger partial charge in [-0.25, -0.2) is 0 Å². The van der Waals surface area contributed by atoms with Crippen LogP contribution in [0.3, 0.4) is 0 Å². The van der Waals surface area contributed by atoms with E-state index in [9.17, 15) is 9.90 Å². The number of hydrogen-bond donors (Lipinski definition) is 2. The molecule has 0 amide bonds. The smallest absolute Gasteiger partial charge is 0.163 e. The van der Waals surface area contributed by atoms with E-state index in [-0.39, 0.29) is 11.5 Å². The molecule has 1 fully saturated rings. The highest BCUT2D eigenvalue weighted by molar-refractivity contribution is 5.97. The number of nitrogens with zero attached hydrogens (tertiary/aromatic N) is 1. The number of ketones is 1. The van der Waals surface area contributed by atoms with Crippen LogP contribution in [0.15, 0.2) is 18.2 Å². The van der Waals surface area contributed by atoms with Gasteiger partial charge in [-0.1, -0.05) is 0 Å². The lowest BCUT2D eigenvalue weighted by Gasteiger charge is -2.29. The second kappa shape index (κ2) is 4.53. The molecule has 1 aromatic carbocycles. The van der Waals surface area contributed by atoms with Gasteiger partial charge >= 0.3 is 0 Å². The topological polar surface area (TPSA) is 52.6 Å². The second-order valence-electron chi connectivity index (χ2n) is 3.99. The third kappa shape index (κ3) is 2.17. The van der Waals surface area contributed by atoms with Gasteiger partial charge in [0.05, 0.1) is 5.56 Å². The predicted octanol–water partition coefficient (Wildman–Crippen LogP) is 1.00. The van der Waals surface area contributed by atoms with E-state index in [1.165, 1.54) is 6.92 Å². The number of anilines is 1. The minimum absolute atomic E-state index is 0.0615. The van der Waals surface area contributed by atoms with Crippen LogP contribution >= 0.6 is 0 Å². The molecule has 0 spiro atoms. The molecule has 16 heavy (non-hydrogen) atoms. The number of carbonyl (C=O) groups is 1. The van der Waals surface area contributed by atoms with E-state index in [0.29, 0.717) is 5.56 Å². The Morgan fingerprint density at radius 2 is 2.06 bits per heavy atom. The number of nitrogens with one attached hydrogen (secondary N) is 1. The van der Waals surface area contributed by atoms with Crippen molar-refractivity contribution in [1.29, 1.82) is 0 Å². The molecule has 86 valence electrons. The summed E-state index contributed by atoms with van der Waals surface area (Å²) in [4.78, 5) is 13.5. The summed E-state index contributed by atoms with van der Waals surface area (Å²) in [5.74, 6) is -0.0409. The van der Waals surface area contributed by atoms with Crippen LogP contribution in [0.1, 0.15) is 17.3 Å². The summed E-state index contributed by atoms with van der Waals surface area (Å²) < 4.78 is 0. The molecule has 1 aliphatic heterocycles. The first kappa shape index (κ1) is 11.0. The molecule has 1 aromatic rings. The maximum Gasteiger partial charge on any atom is 0.163 e. The fourth-order valence-electron chi connectivity index (χ4n) is 1.93. The molecular formula is C12H16N2O2. The van der Waals surface area contributed by atoms with E-state index < -0.39 is 0 Å². The predicted molar refractivity (Wildman–Crippen MR) is 63.2 cm³/mol. The highest BCUT2D eigenvalue weighted by Gasteiger charge is 2.13. The highest BCUT2D eigenvalue weighted by Crippen LogP contribution is 2.24. The summed E-state index contributed by atoms with van der Waals surface area (Å²) in [5.41, 5.74) is 1.40. The van der Waals surface area contributed by atoms with Gasteiger partial charge in [-0.15, -0.1) is 0 Å². The molecule has 2 rings (SSSR count). The standard InChI is InChI=1S/C12H16N2O2/c1-9(15)11-8-10(2-3-12(11)16)14-6-4-13-5-7-14/h2-3,8,13,16H,4-7H2,1H3. The second-order valence-corrected chi connectivity index (χ2v) is 3.99. The Hall–Kier alpha value is -1.55. The minimum atomic E-state index is -0.102. The summed E-state index contributed by atoms with van der Waals surface area (Å²) in [6.07, 6.45) is 0. The first-order valence-corrected chi connectivity index (χ1v) is 5.48. The van der Waals surface area contributed by atoms with Crippen LogP contribution in [0.25, 0.3) is 0 Å². The molecule has 4 heteroatoms. The fourth-order valence-corrected chi connectivity index (χ4v) is 1.93. The lowest BCUT2D eigenvalue weighted by atomic mass is 10.1. The summed E-state index contributed by atoms with van der Waals surface area (Å²) in [5, 5.41) is 12.8. The molecule has 2 N–H and O–H groups in total. The van der Waals surface area contributed by atoms with Gasteiger partial charge in [0.25, 0.3) is 0 Å². The summed E-state index contributed by atoms with van der Waals surface area (Å²) >= 11 is 0. The van der Waals surface area contributed by atoms with Crippen LogP contribution in [-0.2, 0) is 0 Å². The van der Waals surface area contributed by atoms with Crippen molar-refractivity contribution >= 4 is 11.5 Å². The number of phenolic OH excluding ortho intramolecular Hbond substituents is 1. The van der Waals surface area contributed by atoms with Gasteiger partial charge in [0.15, 0.2) is 5.78 Å². The number of piperazine rings is 1. The molecular weight excluding hydrogens is 204 g/mol. The Morgan fingerprint density at radius 3 is 2.69 bits per heavy atom. The number of Topliss-reactive ketones (excluding diaryl/α,β-unsaturated/α-hetero) is 1. The van der Waals surface area contributed by atoms with Crippen LogP contribution in [0.2, 0.25) is 0 Å². The zero-order chi connectivity index (χ0) is 11.5. The van der Waals surface area contributed by atoms with Crippen molar-refractivity contribution in [2.75, 3.05) is 31.1 Å². The molecule has 1 aliphatic rings. The van der Waals surface area contributed by atoms with E-state index in [1.54, 1.807) is 12.1 Å². The van der Waals surface area contributed by atoms with Crippen molar-refractivity contribution < 1.29 is 9.90 Å². The molecule has 0 unspecified atom stereocenters. The SMILES string of the molecule is CC(=O)c1cc(N2CCNCC2)ccc1O. The molecule has 0 atom stereocenters. The normalized spacial score (nSPS) is 16.2. The maximum absolute atomic E-state index is 11.3. The van der Waals surface area contributed by atoms with E-state index >= 15 is 0 Å². The van der Waals surface area contributed by atoms with Crippen molar-refractivity contribution in [2.24, 2.45) is 0 Å². The molecule has 1 heterocycles. The average molecular weight is 220 g/mol. The van der Waals surface area contributed by atoms with E-state index in [2.05, 4.69) is 10.2 Å². The quantitative estimate of drug-likeness (QED) is 0.730. The van der Waals surface area contributed by atoms with Crippen molar-refractivity contribution in [1.82, 2.24) is 5.32 Å². The van der Waals surface area contributed by atoms with Crippen molar-refractivity contribution in [3.8, 4) is 5.75 Å². The van der Waals surface area contributed by atoms with Gasteiger partial charge in [-0.05, 0) is 25.1 Å². The first-order chi connectivity index (χ1) is 7.68. The van der Waals surface area contributed by atoms with Gasteiger partial charge in [0, 0.05) is 31.9 Å². The Morgan fingerprint density at radius 1 is 1.38 bits per heavy atom. The first-order valence-electron chi connectivity index (χ1n) is 5.48. The van der Waals surface area contributed by atoms with Gasteiger partial charge < -0.3 is 15.3 Å². The van der Waals surface area contributed by atoms with E-state index in [1.807, 2.05) is 6.07 Å². The highest BCUT2D eigenvalue weighted by atomic mass is 16.3. The van der Waals surface area contributed by atoms with E-state index in [0.717, 1.165) is 31.9 Å². The largest absolute Gasteiger partial charge is 0.507 e. The molecule has 0 aliphatic carbocycles. The Kier molecular flexibility index (Phi) is 3.10. The van der Waals surface area contributed by atoms with Gasteiger partial charge in [-0.2, -0.15) is 0 Å². The zero-order valence-corrected chi connectivity index (χ0v) is 9.36. The molecule has 0 aromatic heterocycles. The molecule has 4 nitrogen and oxygen atoms in total. The number of phenols is 1. The maximum atomic E-state index is 11.3. The molecule has 0 saturated carbocycles. The lowest BCUT2D eigenvalue weighted by Crippen LogP contribution is -2.43. The molecule has 1 saturated heterocycles. The van der Waals surface area contributed by atoms with Crippen LogP contribution in [0.4, 0.5) is 5.69 Å². The summed E-state index contributed by atoms with van der Waals surface area (Å²) in [7, 11) is 0. The third-order valence-corrected chi connectivity index (χ3v) is 2.84. The van der Waals surface area contributed by atoms with Crippen molar-refractivity contribution in [3.05, 3.63) is 23.8 Å². The van der Waals surface area contributed by atoms with Gasteiger partial charge in [0.1, 0.15) is 5.75 Å². The van der Waals surface area contributed by atoms with Crippen LogP contribution in [0, 0.1) is 0 Å². The average Bonchev–Trinajstić information content (AvgIpc) is 2.30. The van der Waals surface area contributed by atoms with E-state index in [4.69, 9.17) is 0 Å². The Bertz CT molecular complexity index is 398. The number of benzene rings is 1. The summed E-state index contributed by atoms with van der Waals surface area (Å²) in [6, 6.07) is 5.21. The minimum Gasteiger partial charge on any atom is -0.507 e. The van der Waals surface area contributed by atoms with Crippen molar-refractivity contribution in [2.45, 2.75) is 6.92 Å². The Labute approximate surface area is 94.9 Å². The molecule has 0 bridgehead atoms. The number of hydrogen-bond acceptors (Lipinski definition) is 4. The van der Waals surface area contributed by atoms with Crippen LogP contribution in [-0.4, -0.2) is 37.1 Å². The Balaban J connectivity index is 2.27. The fraction of sp³-hybridized carbons (Fsp3) is 0.417. The number of rotatable bonds is 2. The van der Waals surface area contributed by atoms with Crippen LogP contribution in [0.5, 0.6) is 5.75 Å². The number of carbonyl (C=O) groups excluding carboxylic acids is 1. The van der Waals surface area contributed by atoms with Gasteiger partial charge in [0.2, 0.25) is 0 Å². The van der Waals surface area contributed by atoms with Gasteiger partial charge in [-0.3, -0.25) is 4.79 Å². The van der Waals surface area contributed by atoms with Crippen molar-refractivity contribution in [3.63, 3.8) is 0 Å². The summed E-state index contributed by atoms with van der Waals surface area (Å²) in [6.45, 7) is 5.24. The number of aromatic hydroxyl groups is 1. The lowest BCUT2D eigenvalue weighted by molar-refractivity contribution is 0.101. The molecule has 0 radical (unpaired) electrons. The third-order valence-electron chi connectivity index (χ3n) is 2.84.